The predicted octanol–water partition coefficient (Wildman–Crippen LogP) is 5.27. The minimum absolute atomic E-state index is 0.0190. The van der Waals surface area contributed by atoms with Crippen molar-refractivity contribution in [2.24, 2.45) is 0 Å². The smallest absolute Gasteiger partial charge is 0.339 e. The lowest BCUT2D eigenvalue weighted by atomic mass is 10.1. The highest BCUT2D eigenvalue weighted by Gasteiger charge is 2.19. The molecule has 3 rings (SSSR count). The number of carbonyl (C=O) groups is 1. The Morgan fingerprint density at radius 3 is 2.41 bits per heavy atom. The van der Waals surface area contributed by atoms with Gasteiger partial charge in [0.2, 0.25) is 0 Å². The van der Waals surface area contributed by atoms with E-state index in [2.05, 4.69) is 5.32 Å². The van der Waals surface area contributed by atoms with Crippen LogP contribution in [0.25, 0.3) is 6.08 Å². The number of benzene rings is 3. The second kappa shape index (κ2) is 9.69. The molecule has 3 aromatic rings. The Labute approximate surface area is 191 Å². The summed E-state index contributed by atoms with van der Waals surface area (Å²) in [7, 11) is -4.14. The number of halogens is 1. The first-order valence-corrected chi connectivity index (χ1v) is 11.3. The summed E-state index contributed by atoms with van der Waals surface area (Å²) in [6, 6.07) is 19.1. The molecular weight excluding hydrogens is 448 g/mol. The van der Waals surface area contributed by atoms with Crippen molar-refractivity contribution in [1.82, 2.24) is 0 Å². The molecule has 0 aliphatic heterocycles. The van der Waals surface area contributed by atoms with E-state index < -0.39 is 16.0 Å². The Morgan fingerprint density at radius 1 is 1.06 bits per heavy atom. The van der Waals surface area contributed by atoms with Gasteiger partial charge in [-0.25, -0.2) is 0 Å². The van der Waals surface area contributed by atoms with E-state index in [1.165, 1.54) is 36.4 Å². The van der Waals surface area contributed by atoms with Gasteiger partial charge in [-0.05, 0) is 61.9 Å². The molecule has 0 fully saturated rings. The van der Waals surface area contributed by atoms with E-state index in [0.29, 0.717) is 10.7 Å². The molecule has 8 heteroatoms. The van der Waals surface area contributed by atoms with Gasteiger partial charge in [0.15, 0.2) is 0 Å². The summed E-state index contributed by atoms with van der Waals surface area (Å²) in [6.45, 7) is 3.79. The highest BCUT2D eigenvalue weighted by molar-refractivity contribution is 7.87. The minimum Gasteiger partial charge on any atom is -0.378 e. The third-order valence-electron chi connectivity index (χ3n) is 4.52. The van der Waals surface area contributed by atoms with Crippen LogP contribution in [-0.2, 0) is 14.9 Å². The van der Waals surface area contributed by atoms with Crippen molar-refractivity contribution < 1.29 is 17.4 Å². The second-order valence-corrected chi connectivity index (χ2v) is 8.95. The van der Waals surface area contributed by atoms with Crippen LogP contribution in [0.4, 0.5) is 5.69 Å². The van der Waals surface area contributed by atoms with Crippen LogP contribution in [0.5, 0.6) is 5.75 Å². The average molecular weight is 467 g/mol. The fourth-order valence-electron chi connectivity index (χ4n) is 2.89. The predicted molar refractivity (Wildman–Crippen MR) is 124 cm³/mol. The number of anilines is 1. The number of nitrogens with one attached hydrogen (secondary N) is 1. The maximum atomic E-state index is 12.7. The molecule has 0 aliphatic carbocycles. The van der Waals surface area contributed by atoms with E-state index in [1.54, 1.807) is 24.3 Å². The number of para-hydroxylation sites is 1. The number of aryl methyl sites for hydroxylation is 2. The normalized spacial score (nSPS) is 11.5. The molecule has 1 amide bonds. The summed E-state index contributed by atoms with van der Waals surface area (Å²) in [5, 5.41) is 12.6. The van der Waals surface area contributed by atoms with Gasteiger partial charge in [0.05, 0.1) is 0 Å². The van der Waals surface area contributed by atoms with E-state index in [0.717, 1.165) is 11.1 Å². The van der Waals surface area contributed by atoms with Crippen molar-refractivity contribution >= 4 is 39.4 Å². The zero-order chi connectivity index (χ0) is 23.3. The van der Waals surface area contributed by atoms with Crippen LogP contribution in [0.1, 0.15) is 16.7 Å². The van der Waals surface area contributed by atoms with Crippen LogP contribution in [0.3, 0.4) is 0 Å². The second-order valence-electron chi connectivity index (χ2n) is 6.97. The summed E-state index contributed by atoms with van der Waals surface area (Å²) in [4.78, 5) is 12.6. The van der Waals surface area contributed by atoms with Gasteiger partial charge < -0.3 is 9.50 Å². The third kappa shape index (κ3) is 5.55. The summed E-state index contributed by atoms with van der Waals surface area (Å²) in [5.74, 6) is -0.635. The monoisotopic (exact) mass is 466 g/mol. The van der Waals surface area contributed by atoms with Gasteiger partial charge in [0.1, 0.15) is 22.3 Å². The maximum Gasteiger partial charge on any atom is 0.339 e. The number of hydrogen-bond acceptors (Lipinski definition) is 5. The molecule has 0 atom stereocenters. The summed E-state index contributed by atoms with van der Waals surface area (Å²) in [5.41, 5.74) is 2.54. The van der Waals surface area contributed by atoms with Crippen molar-refractivity contribution in [2.45, 2.75) is 18.7 Å². The Hall–Kier alpha value is -3.60. The van der Waals surface area contributed by atoms with Crippen molar-refractivity contribution in [1.29, 1.82) is 5.26 Å². The lowest BCUT2D eigenvalue weighted by molar-refractivity contribution is -0.112. The molecule has 0 saturated heterocycles. The molecule has 6 nitrogen and oxygen atoms in total. The minimum atomic E-state index is -4.14. The number of nitriles is 1. The fraction of sp³-hybridized carbons (Fsp3) is 0.0833. The van der Waals surface area contributed by atoms with Crippen LogP contribution < -0.4 is 9.50 Å². The van der Waals surface area contributed by atoms with Crippen LogP contribution in [0.15, 0.2) is 77.2 Å². The average Bonchev–Trinajstić information content (AvgIpc) is 2.75. The third-order valence-corrected chi connectivity index (χ3v) is 6.02. The van der Waals surface area contributed by atoms with Gasteiger partial charge in [-0.15, -0.1) is 0 Å². The van der Waals surface area contributed by atoms with Crippen molar-refractivity contribution in [2.75, 3.05) is 5.32 Å². The topological polar surface area (TPSA) is 96.3 Å². The zero-order valence-electron chi connectivity index (χ0n) is 17.3. The van der Waals surface area contributed by atoms with Crippen LogP contribution >= 0.6 is 11.6 Å². The van der Waals surface area contributed by atoms with Crippen LogP contribution in [0.2, 0.25) is 5.02 Å². The molecule has 0 spiro atoms. The van der Waals surface area contributed by atoms with Gasteiger partial charge in [-0.1, -0.05) is 47.5 Å². The number of carbonyl (C=O) groups excluding carboxylic acids is 1. The van der Waals surface area contributed by atoms with Crippen molar-refractivity contribution in [3.8, 4) is 11.8 Å². The standard InChI is InChI=1S/C24H19ClN2O4S/c1-16-7-12-22(17(2)13-16)27-24(28)19(15-26)14-18-5-3-4-6-23(18)31-32(29,30)21-10-8-20(25)9-11-21/h3-14H,1-2H3,(H,27,28)/b19-14+. The van der Waals surface area contributed by atoms with Gasteiger partial charge in [0, 0.05) is 16.3 Å². The van der Waals surface area contributed by atoms with E-state index in [1.807, 2.05) is 32.0 Å². The van der Waals surface area contributed by atoms with Crippen molar-refractivity contribution in [3.63, 3.8) is 0 Å². The highest BCUT2D eigenvalue weighted by Crippen LogP contribution is 2.26. The molecule has 32 heavy (non-hydrogen) atoms. The number of hydrogen-bond donors (Lipinski definition) is 1. The molecule has 162 valence electrons. The first kappa shape index (κ1) is 23.1. The summed E-state index contributed by atoms with van der Waals surface area (Å²) < 4.78 is 30.5. The van der Waals surface area contributed by atoms with Gasteiger partial charge in [-0.2, -0.15) is 13.7 Å². The maximum absolute atomic E-state index is 12.7. The molecule has 3 aromatic carbocycles. The SMILES string of the molecule is Cc1ccc(NC(=O)/C(C#N)=C/c2ccccc2OS(=O)(=O)c2ccc(Cl)cc2)c(C)c1. The van der Waals surface area contributed by atoms with Crippen LogP contribution in [0, 0.1) is 25.2 Å². The van der Waals surface area contributed by atoms with Gasteiger partial charge in [-0.3, -0.25) is 4.79 Å². The molecule has 0 unspecified atom stereocenters. The molecular formula is C24H19ClN2O4S. The Balaban J connectivity index is 1.90. The molecule has 0 heterocycles. The summed E-state index contributed by atoms with van der Waals surface area (Å²) in [6.07, 6.45) is 1.28. The molecule has 0 aromatic heterocycles. The Bertz CT molecular complexity index is 1340. The largest absolute Gasteiger partial charge is 0.378 e. The van der Waals surface area contributed by atoms with Gasteiger partial charge >= 0.3 is 10.1 Å². The highest BCUT2D eigenvalue weighted by atomic mass is 35.5. The first-order chi connectivity index (χ1) is 15.2. The fourth-order valence-corrected chi connectivity index (χ4v) is 3.97. The molecule has 0 bridgehead atoms. The summed E-state index contributed by atoms with van der Waals surface area (Å²) >= 11 is 5.81. The lowest BCUT2D eigenvalue weighted by Crippen LogP contribution is -2.14. The molecule has 0 aliphatic rings. The number of amides is 1. The quantitative estimate of drug-likeness (QED) is 0.303. The van der Waals surface area contributed by atoms with E-state index in [-0.39, 0.29) is 21.8 Å². The Kier molecular flexibility index (Phi) is 6.98. The van der Waals surface area contributed by atoms with Crippen LogP contribution in [-0.4, -0.2) is 14.3 Å². The molecule has 1 N–H and O–H groups in total. The van der Waals surface area contributed by atoms with E-state index in [4.69, 9.17) is 15.8 Å². The lowest BCUT2D eigenvalue weighted by Gasteiger charge is -2.11. The zero-order valence-corrected chi connectivity index (χ0v) is 18.9. The van der Waals surface area contributed by atoms with Crippen molar-refractivity contribution in [3.05, 3.63) is 94.0 Å². The Morgan fingerprint density at radius 2 is 1.75 bits per heavy atom. The molecule has 0 radical (unpaired) electrons. The van der Waals surface area contributed by atoms with Gasteiger partial charge in [0.25, 0.3) is 5.91 Å². The molecule has 0 saturated carbocycles. The van der Waals surface area contributed by atoms with E-state index >= 15 is 0 Å². The number of rotatable bonds is 6. The number of nitrogens with zero attached hydrogens (tertiary/aromatic N) is 1. The first-order valence-electron chi connectivity index (χ1n) is 9.49. The van der Waals surface area contributed by atoms with E-state index in [9.17, 15) is 18.5 Å².